The molecule has 0 saturated heterocycles. The molecular formula is C19H40N2. The minimum Gasteiger partial charge on any atom is -0.313 e. The first kappa shape index (κ1) is 19.0. The fourth-order valence-electron chi connectivity index (χ4n) is 3.91. The Hall–Kier alpha value is -0.0800. The van der Waals surface area contributed by atoms with Gasteiger partial charge in [0, 0.05) is 18.6 Å². The minimum absolute atomic E-state index is 0.693. The van der Waals surface area contributed by atoms with E-state index in [1.807, 2.05) is 0 Å². The lowest BCUT2D eigenvalue weighted by atomic mass is 9.92. The maximum atomic E-state index is 3.80. The molecule has 0 radical (unpaired) electrons. The molecule has 0 aliphatic heterocycles. The van der Waals surface area contributed by atoms with Crippen LogP contribution >= 0.6 is 0 Å². The van der Waals surface area contributed by atoms with E-state index in [2.05, 4.69) is 38.0 Å². The van der Waals surface area contributed by atoms with Gasteiger partial charge in [-0.1, -0.05) is 72.1 Å². The van der Waals surface area contributed by atoms with Crippen LogP contribution in [-0.2, 0) is 0 Å². The summed E-state index contributed by atoms with van der Waals surface area (Å²) >= 11 is 0. The molecule has 0 bridgehead atoms. The van der Waals surface area contributed by atoms with E-state index in [4.69, 9.17) is 0 Å². The van der Waals surface area contributed by atoms with Gasteiger partial charge in [0.15, 0.2) is 0 Å². The largest absolute Gasteiger partial charge is 0.313 e. The Morgan fingerprint density at radius 1 is 0.905 bits per heavy atom. The summed E-state index contributed by atoms with van der Waals surface area (Å²) in [7, 11) is 2.35. The molecule has 1 aliphatic rings. The number of likely N-dealkylation sites (N-methyl/N-ethyl adjacent to an activating group) is 2. The second-order valence-electron chi connectivity index (χ2n) is 7.47. The van der Waals surface area contributed by atoms with Gasteiger partial charge < -0.3 is 10.2 Å². The summed E-state index contributed by atoms with van der Waals surface area (Å²) in [5.74, 6) is 0.763. The van der Waals surface area contributed by atoms with Gasteiger partial charge in [0.2, 0.25) is 0 Å². The molecule has 0 aromatic carbocycles. The van der Waals surface area contributed by atoms with Crippen LogP contribution < -0.4 is 5.32 Å². The zero-order valence-corrected chi connectivity index (χ0v) is 15.2. The molecule has 1 fully saturated rings. The monoisotopic (exact) mass is 296 g/mol. The van der Waals surface area contributed by atoms with Crippen LogP contribution in [0.3, 0.4) is 0 Å². The smallest absolute Gasteiger partial charge is 0.0246 e. The van der Waals surface area contributed by atoms with Crippen LogP contribution in [0, 0.1) is 5.92 Å². The van der Waals surface area contributed by atoms with Gasteiger partial charge in [-0.25, -0.2) is 0 Å². The molecule has 0 heterocycles. The van der Waals surface area contributed by atoms with Crippen LogP contribution in [0.15, 0.2) is 0 Å². The van der Waals surface area contributed by atoms with Crippen LogP contribution in [-0.4, -0.2) is 37.1 Å². The zero-order chi connectivity index (χ0) is 15.5. The Kier molecular flexibility index (Phi) is 10.4. The van der Waals surface area contributed by atoms with Gasteiger partial charge in [0.25, 0.3) is 0 Å². The molecule has 0 aromatic rings. The third kappa shape index (κ3) is 8.21. The standard InChI is InChI=1S/C19H40N2/c1-5-20-18-14-12-10-8-6-7-9-11-13-15-19(18)21(4)16-17(2)3/h17-20H,5-16H2,1-4H3. The van der Waals surface area contributed by atoms with Crippen LogP contribution in [0.1, 0.15) is 85.0 Å². The lowest BCUT2D eigenvalue weighted by Crippen LogP contribution is -2.49. The normalized spacial score (nSPS) is 26.6. The highest BCUT2D eigenvalue weighted by Crippen LogP contribution is 2.21. The second kappa shape index (κ2) is 11.5. The predicted octanol–water partition coefficient (Wildman–Crippen LogP) is 4.84. The minimum atomic E-state index is 0.693. The maximum Gasteiger partial charge on any atom is 0.0246 e. The van der Waals surface area contributed by atoms with Crippen molar-refractivity contribution in [2.24, 2.45) is 5.92 Å². The Morgan fingerprint density at radius 2 is 1.43 bits per heavy atom. The van der Waals surface area contributed by atoms with E-state index in [0.29, 0.717) is 6.04 Å². The van der Waals surface area contributed by atoms with Gasteiger partial charge in [0.1, 0.15) is 0 Å². The first-order chi connectivity index (χ1) is 10.1. The fourth-order valence-corrected chi connectivity index (χ4v) is 3.91. The molecule has 2 heteroatoms. The highest BCUT2D eigenvalue weighted by atomic mass is 15.2. The van der Waals surface area contributed by atoms with Gasteiger partial charge in [-0.3, -0.25) is 0 Å². The molecule has 0 aromatic heterocycles. The predicted molar refractivity (Wildman–Crippen MR) is 94.9 cm³/mol. The van der Waals surface area contributed by atoms with Crippen LogP contribution in [0.25, 0.3) is 0 Å². The first-order valence-electron chi connectivity index (χ1n) is 9.58. The maximum absolute atomic E-state index is 3.80. The van der Waals surface area contributed by atoms with Crippen molar-refractivity contribution >= 4 is 0 Å². The van der Waals surface area contributed by atoms with Gasteiger partial charge in [-0.05, 0) is 32.4 Å². The summed E-state index contributed by atoms with van der Waals surface area (Å²) in [6.07, 6.45) is 14.2. The molecule has 21 heavy (non-hydrogen) atoms. The number of hydrogen-bond donors (Lipinski definition) is 1. The van der Waals surface area contributed by atoms with Crippen molar-refractivity contribution in [3.8, 4) is 0 Å². The molecule has 2 nitrogen and oxygen atoms in total. The zero-order valence-electron chi connectivity index (χ0n) is 15.2. The average molecular weight is 297 g/mol. The summed E-state index contributed by atoms with van der Waals surface area (Å²) in [6.45, 7) is 9.28. The van der Waals surface area contributed by atoms with Crippen molar-refractivity contribution in [2.45, 2.75) is 97.1 Å². The quantitative estimate of drug-likeness (QED) is 0.781. The topological polar surface area (TPSA) is 15.3 Å². The van der Waals surface area contributed by atoms with Crippen molar-refractivity contribution < 1.29 is 0 Å². The van der Waals surface area contributed by atoms with Crippen molar-refractivity contribution in [1.82, 2.24) is 10.2 Å². The Balaban J connectivity index is 2.64. The summed E-state index contributed by atoms with van der Waals surface area (Å²) in [5, 5.41) is 3.80. The molecule has 1 N–H and O–H groups in total. The van der Waals surface area contributed by atoms with Gasteiger partial charge in [-0.2, -0.15) is 0 Å². The highest BCUT2D eigenvalue weighted by Gasteiger charge is 2.24. The Morgan fingerprint density at radius 3 is 1.95 bits per heavy atom. The second-order valence-corrected chi connectivity index (χ2v) is 7.47. The molecule has 0 spiro atoms. The SMILES string of the molecule is CCNC1CCCCCCCCCCC1N(C)CC(C)C. The van der Waals surface area contributed by atoms with Crippen LogP contribution in [0.4, 0.5) is 0 Å². The van der Waals surface area contributed by atoms with Gasteiger partial charge in [0.05, 0.1) is 0 Å². The van der Waals surface area contributed by atoms with E-state index in [-0.39, 0.29) is 0 Å². The molecule has 0 amide bonds. The third-order valence-corrected chi connectivity index (χ3v) is 4.92. The number of nitrogens with one attached hydrogen (secondary N) is 1. The van der Waals surface area contributed by atoms with Crippen molar-refractivity contribution in [1.29, 1.82) is 0 Å². The van der Waals surface area contributed by atoms with E-state index in [1.165, 1.54) is 70.8 Å². The Labute approximate surface area is 134 Å². The molecule has 2 atom stereocenters. The Bertz CT molecular complexity index is 240. The first-order valence-corrected chi connectivity index (χ1v) is 9.58. The number of rotatable bonds is 5. The third-order valence-electron chi connectivity index (χ3n) is 4.92. The van der Waals surface area contributed by atoms with Crippen molar-refractivity contribution in [3.63, 3.8) is 0 Å². The van der Waals surface area contributed by atoms with Gasteiger partial charge >= 0.3 is 0 Å². The van der Waals surface area contributed by atoms with Crippen molar-refractivity contribution in [3.05, 3.63) is 0 Å². The summed E-state index contributed by atoms with van der Waals surface area (Å²) < 4.78 is 0. The molecule has 1 rings (SSSR count). The number of nitrogens with zero attached hydrogens (tertiary/aromatic N) is 1. The lowest BCUT2D eigenvalue weighted by Gasteiger charge is -2.36. The van der Waals surface area contributed by atoms with Crippen molar-refractivity contribution in [2.75, 3.05) is 20.1 Å². The number of hydrogen-bond acceptors (Lipinski definition) is 2. The molecule has 1 saturated carbocycles. The summed E-state index contributed by atoms with van der Waals surface area (Å²) in [6, 6.07) is 1.42. The highest BCUT2D eigenvalue weighted by molar-refractivity contribution is 4.84. The van der Waals surface area contributed by atoms with E-state index in [9.17, 15) is 0 Å². The summed E-state index contributed by atoms with van der Waals surface area (Å²) in [5.41, 5.74) is 0. The molecular weight excluding hydrogens is 256 g/mol. The van der Waals surface area contributed by atoms with E-state index in [0.717, 1.165) is 18.5 Å². The molecule has 126 valence electrons. The van der Waals surface area contributed by atoms with Crippen LogP contribution in [0.5, 0.6) is 0 Å². The fraction of sp³-hybridized carbons (Fsp3) is 1.00. The van der Waals surface area contributed by atoms with E-state index in [1.54, 1.807) is 0 Å². The summed E-state index contributed by atoms with van der Waals surface area (Å²) in [4.78, 5) is 2.64. The van der Waals surface area contributed by atoms with E-state index < -0.39 is 0 Å². The average Bonchev–Trinajstić information content (AvgIpc) is 2.41. The van der Waals surface area contributed by atoms with Crippen LogP contribution in [0.2, 0.25) is 0 Å². The van der Waals surface area contributed by atoms with Gasteiger partial charge in [-0.15, -0.1) is 0 Å². The molecule has 2 unspecified atom stereocenters. The van der Waals surface area contributed by atoms with E-state index >= 15 is 0 Å². The molecule has 1 aliphatic carbocycles. The lowest BCUT2D eigenvalue weighted by molar-refractivity contribution is 0.155.